The Labute approximate surface area is 137 Å². The van der Waals surface area contributed by atoms with E-state index in [0.29, 0.717) is 32.4 Å². The van der Waals surface area contributed by atoms with Crippen molar-refractivity contribution in [1.29, 1.82) is 5.26 Å². The van der Waals surface area contributed by atoms with Gasteiger partial charge in [0.25, 0.3) is 0 Å². The average Bonchev–Trinajstić information content (AvgIpc) is 2.53. The van der Waals surface area contributed by atoms with E-state index in [1.54, 1.807) is 0 Å². The number of hydrogen-bond acceptors (Lipinski definition) is 4. The second-order valence-electron chi connectivity index (χ2n) is 6.76. The zero-order valence-electron chi connectivity index (χ0n) is 13.7. The molecule has 0 saturated carbocycles. The SMILES string of the molecule is CCc1ccc2c(c1)C(N1CCC(C)(O)CC1)=C(C#N)C(=O)C2. The van der Waals surface area contributed by atoms with Gasteiger partial charge in [0.1, 0.15) is 11.6 Å². The lowest BCUT2D eigenvalue weighted by Crippen LogP contribution is -2.42. The van der Waals surface area contributed by atoms with Crippen molar-refractivity contribution in [3.63, 3.8) is 0 Å². The predicted octanol–water partition coefficient (Wildman–Crippen LogP) is 2.46. The molecule has 4 heteroatoms. The highest BCUT2D eigenvalue weighted by Gasteiger charge is 2.34. The summed E-state index contributed by atoms with van der Waals surface area (Å²) in [5.41, 5.74) is 3.60. The molecular weight excluding hydrogens is 288 g/mol. The van der Waals surface area contributed by atoms with Crippen LogP contribution in [0.3, 0.4) is 0 Å². The summed E-state index contributed by atoms with van der Waals surface area (Å²) in [4.78, 5) is 14.5. The van der Waals surface area contributed by atoms with E-state index in [-0.39, 0.29) is 11.4 Å². The maximum atomic E-state index is 12.4. The lowest BCUT2D eigenvalue weighted by molar-refractivity contribution is -0.114. The van der Waals surface area contributed by atoms with E-state index in [1.807, 2.05) is 13.0 Å². The van der Waals surface area contributed by atoms with Crippen LogP contribution in [-0.4, -0.2) is 34.5 Å². The van der Waals surface area contributed by atoms with Crippen LogP contribution in [0.25, 0.3) is 5.70 Å². The molecule has 0 amide bonds. The lowest BCUT2D eigenvalue weighted by Gasteiger charge is -2.40. The summed E-state index contributed by atoms with van der Waals surface area (Å²) in [6.45, 7) is 5.27. The van der Waals surface area contributed by atoms with Gasteiger partial charge in [-0.05, 0) is 43.4 Å². The quantitative estimate of drug-likeness (QED) is 0.911. The summed E-state index contributed by atoms with van der Waals surface area (Å²) in [7, 11) is 0. The molecule has 1 heterocycles. The van der Waals surface area contributed by atoms with Gasteiger partial charge in [-0.1, -0.05) is 19.1 Å². The summed E-state index contributed by atoms with van der Waals surface area (Å²) in [5.74, 6) is -0.100. The summed E-state index contributed by atoms with van der Waals surface area (Å²) in [6.07, 6.45) is 2.51. The molecule has 1 fully saturated rings. The summed E-state index contributed by atoms with van der Waals surface area (Å²) in [6, 6.07) is 8.31. The third-order valence-corrected chi connectivity index (χ3v) is 4.97. The molecule has 0 bridgehead atoms. The number of nitriles is 1. The Morgan fingerprint density at radius 3 is 2.65 bits per heavy atom. The fourth-order valence-electron chi connectivity index (χ4n) is 3.40. The van der Waals surface area contributed by atoms with E-state index >= 15 is 0 Å². The third-order valence-electron chi connectivity index (χ3n) is 4.97. The van der Waals surface area contributed by atoms with Crippen molar-refractivity contribution in [3.05, 3.63) is 40.5 Å². The number of carbonyl (C=O) groups is 1. The topological polar surface area (TPSA) is 64.3 Å². The van der Waals surface area contributed by atoms with Gasteiger partial charge in [0.15, 0.2) is 5.78 Å². The maximum absolute atomic E-state index is 12.4. The number of aliphatic hydroxyl groups is 1. The molecule has 0 atom stereocenters. The number of likely N-dealkylation sites (tertiary alicyclic amines) is 1. The molecule has 1 aromatic rings. The van der Waals surface area contributed by atoms with Crippen molar-refractivity contribution in [1.82, 2.24) is 4.90 Å². The highest BCUT2D eigenvalue weighted by molar-refractivity contribution is 6.09. The normalized spacial score (nSPS) is 20.3. The zero-order chi connectivity index (χ0) is 16.6. The molecule has 1 N–H and O–H groups in total. The standard InChI is InChI=1S/C19H22N2O2/c1-3-13-4-5-14-11-17(22)16(12-20)18(15(14)10-13)21-8-6-19(2,23)7-9-21/h4-5,10,23H,3,6-9,11H2,1-2H3. The number of allylic oxidation sites excluding steroid dienone is 1. The van der Waals surface area contributed by atoms with Crippen LogP contribution in [0.15, 0.2) is 23.8 Å². The molecule has 3 rings (SSSR count). The number of ketones is 1. The Balaban J connectivity index is 2.08. The lowest BCUT2D eigenvalue weighted by atomic mass is 9.85. The predicted molar refractivity (Wildman–Crippen MR) is 88.5 cm³/mol. The molecular formula is C19H22N2O2. The number of Topliss-reactive ketones (excluding diaryl/α,β-unsaturated/α-hetero) is 1. The first-order valence-electron chi connectivity index (χ1n) is 8.22. The second kappa shape index (κ2) is 5.82. The van der Waals surface area contributed by atoms with Crippen LogP contribution in [0, 0.1) is 11.3 Å². The Morgan fingerprint density at radius 1 is 1.35 bits per heavy atom. The number of rotatable bonds is 2. The van der Waals surface area contributed by atoms with E-state index in [2.05, 4.69) is 30.0 Å². The minimum absolute atomic E-state index is 0.100. The van der Waals surface area contributed by atoms with Crippen molar-refractivity contribution in [2.45, 2.75) is 45.1 Å². The zero-order valence-corrected chi connectivity index (χ0v) is 13.7. The third kappa shape index (κ3) is 2.89. The largest absolute Gasteiger partial charge is 0.390 e. The minimum Gasteiger partial charge on any atom is -0.390 e. The van der Waals surface area contributed by atoms with E-state index < -0.39 is 5.60 Å². The van der Waals surface area contributed by atoms with Gasteiger partial charge in [-0.2, -0.15) is 5.26 Å². The van der Waals surface area contributed by atoms with Crippen molar-refractivity contribution >= 4 is 11.5 Å². The maximum Gasteiger partial charge on any atom is 0.179 e. The van der Waals surface area contributed by atoms with Crippen molar-refractivity contribution in [2.24, 2.45) is 0 Å². The number of carbonyl (C=O) groups excluding carboxylic acids is 1. The highest BCUT2D eigenvalue weighted by Crippen LogP contribution is 2.36. The fraction of sp³-hybridized carbons (Fsp3) is 0.474. The van der Waals surface area contributed by atoms with E-state index in [9.17, 15) is 15.2 Å². The van der Waals surface area contributed by atoms with Crippen LogP contribution >= 0.6 is 0 Å². The smallest absolute Gasteiger partial charge is 0.179 e. The first-order valence-corrected chi connectivity index (χ1v) is 8.22. The van der Waals surface area contributed by atoms with Crippen molar-refractivity contribution < 1.29 is 9.90 Å². The van der Waals surface area contributed by atoms with E-state index in [4.69, 9.17) is 0 Å². The summed E-state index contributed by atoms with van der Waals surface area (Å²) in [5, 5.41) is 19.7. The Bertz CT molecular complexity index is 715. The van der Waals surface area contributed by atoms with Gasteiger partial charge in [-0.3, -0.25) is 4.79 Å². The summed E-state index contributed by atoms with van der Waals surface area (Å²) < 4.78 is 0. The Hall–Kier alpha value is -2.12. The number of piperidine rings is 1. The molecule has 23 heavy (non-hydrogen) atoms. The molecule has 1 aliphatic heterocycles. The van der Waals surface area contributed by atoms with Crippen LogP contribution in [0.4, 0.5) is 0 Å². The summed E-state index contributed by atoms with van der Waals surface area (Å²) >= 11 is 0. The molecule has 1 aliphatic carbocycles. The molecule has 120 valence electrons. The number of nitrogens with zero attached hydrogens (tertiary/aromatic N) is 2. The monoisotopic (exact) mass is 310 g/mol. The molecule has 1 saturated heterocycles. The van der Waals surface area contributed by atoms with Crippen LogP contribution < -0.4 is 0 Å². The minimum atomic E-state index is -0.656. The van der Waals surface area contributed by atoms with Crippen LogP contribution in [-0.2, 0) is 17.6 Å². The second-order valence-corrected chi connectivity index (χ2v) is 6.76. The first-order chi connectivity index (χ1) is 10.9. The Kier molecular flexibility index (Phi) is 3.99. The van der Waals surface area contributed by atoms with Crippen LogP contribution in [0.1, 0.15) is 43.4 Å². The van der Waals surface area contributed by atoms with Gasteiger partial charge in [-0.25, -0.2) is 0 Å². The number of fused-ring (bicyclic) bond motifs is 1. The molecule has 0 aromatic heterocycles. The van der Waals surface area contributed by atoms with Gasteiger partial charge in [0.05, 0.1) is 11.3 Å². The van der Waals surface area contributed by atoms with Crippen LogP contribution in [0.2, 0.25) is 0 Å². The number of hydrogen-bond donors (Lipinski definition) is 1. The molecule has 4 nitrogen and oxygen atoms in total. The van der Waals surface area contributed by atoms with Gasteiger partial charge in [0.2, 0.25) is 0 Å². The first kappa shape index (κ1) is 15.8. The highest BCUT2D eigenvalue weighted by atomic mass is 16.3. The molecule has 0 radical (unpaired) electrons. The van der Waals surface area contributed by atoms with E-state index in [0.717, 1.165) is 23.2 Å². The Morgan fingerprint density at radius 2 is 2.04 bits per heavy atom. The van der Waals surface area contributed by atoms with Crippen LogP contribution in [0.5, 0.6) is 0 Å². The van der Waals surface area contributed by atoms with Gasteiger partial charge in [0, 0.05) is 25.1 Å². The number of aryl methyl sites for hydroxylation is 1. The van der Waals surface area contributed by atoms with Gasteiger partial charge < -0.3 is 10.0 Å². The molecule has 0 spiro atoms. The molecule has 0 unspecified atom stereocenters. The average molecular weight is 310 g/mol. The molecule has 1 aromatic carbocycles. The number of benzene rings is 1. The molecule has 2 aliphatic rings. The van der Waals surface area contributed by atoms with Gasteiger partial charge >= 0.3 is 0 Å². The fourth-order valence-corrected chi connectivity index (χ4v) is 3.40. The van der Waals surface area contributed by atoms with E-state index in [1.165, 1.54) is 5.56 Å². The van der Waals surface area contributed by atoms with Crippen molar-refractivity contribution in [2.75, 3.05) is 13.1 Å². The van der Waals surface area contributed by atoms with Crippen molar-refractivity contribution in [3.8, 4) is 6.07 Å². The van der Waals surface area contributed by atoms with Gasteiger partial charge in [-0.15, -0.1) is 0 Å².